The van der Waals surface area contributed by atoms with Gasteiger partial charge in [-0.1, -0.05) is 0 Å². The third-order valence-corrected chi connectivity index (χ3v) is 4.22. The van der Waals surface area contributed by atoms with Gasteiger partial charge in [0.1, 0.15) is 0 Å². The minimum Gasteiger partial charge on any atom is -0.481 e. The zero-order valence-electron chi connectivity index (χ0n) is 11.7. The van der Waals surface area contributed by atoms with E-state index in [1.807, 2.05) is 6.92 Å². The zero-order valence-corrected chi connectivity index (χ0v) is 11.7. The maximum absolute atomic E-state index is 12.1. The molecule has 19 heavy (non-hydrogen) atoms. The fourth-order valence-electron chi connectivity index (χ4n) is 2.94. The quantitative estimate of drug-likeness (QED) is 0.899. The summed E-state index contributed by atoms with van der Waals surface area (Å²) in [5.41, 5.74) is 2.08. The number of aryl methyl sites for hydroxylation is 1. The van der Waals surface area contributed by atoms with E-state index in [0.717, 1.165) is 30.5 Å². The standard InChI is InChI=1S/C14H20N2O3/c1-9-11(5-6-12(17)18)10(2)16(13(19)15-9)14(3)7-4-8-14/h4-8H2,1-3H3,(H,17,18). The van der Waals surface area contributed by atoms with Crippen molar-refractivity contribution in [2.24, 2.45) is 0 Å². The minimum atomic E-state index is -0.827. The number of carboxylic acid groups (broad SMARTS) is 1. The van der Waals surface area contributed by atoms with E-state index < -0.39 is 5.97 Å². The third kappa shape index (κ3) is 2.41. The van der Waals surface area contributed by atoms with Crippen LogP contribution in [-0.2, 0) is 16.8 Å². The van der Waals surface area contributed by atoms with Crippen LogP contribution >= 0.6 is 0 Å². The molecule has 0 saturated heterocycles. The molecule has 1 N–H and O–H groups in total. The van der Waals surface area contributed by atoms with Gasteiger partial charge in [-0.15, -0.1) is 0 Å². The molecule has 1 aromatic rings. The van der Waals surface area contributed by atoms with Gasteiger partial charge in [-0.2, -0.15) is 4.98 Å². The Morgan fingerprint density at radius 3 is 2.53 bits per heavy atom. The lowest BCUT2D eigenvalue weighted by molar-refractivity contribution is -0.136. The Bertz CT molecular complexity index is 571. The number of hydrogen-bond acceptors (Lipinski definition) is 3. The SMILES string of the molecule is Cc1nc(=O)n(C2(C)CCC2)c(C)c1CCC(=O)O. The zero-order chi connectivity index (χ0) is 14.2. The molecule has 0 radical (unpaired) electrons. The predicted molar refractivity (Wildman–Crippen MR) is 71.4 cm³/mol. The topological polar surface area (TPSA) is 72.2 Å². The molecule has 0 aliphatic heterocycles. The molecule has 0 amide bonds. The lowest BCUT2D eigenvalue weighted by Gasteiger charge is -2.41. The summed E-state index contributed by atoms with van der Waals surface area (Å²) in [7, 11) is 0. The van der Waals surface area contributed by atoms with E-state index in [1.165, 1.54) is 0 Å². The first-order valence-corrected chi connectivity index (χ1v) is 6.66. The highest BCUT2D eigenvalue weighted by Crippen LogP contribution is 2.38. The monoisotopic (exact) mass is 264 g/mol. The Balaban J connectivity index is 2.47. The first-order chi connectivity index (χ1) is 8.85. The number of rotatable bonds is 4. The van der Waals surface area contributed by atoms with Gasteiger partial charge in [0.15, 0.2) is 0 Å². The van der Waals surface area contributed by atoms with Crippen molar-refractivity contribution in [2.45, 2.75) is 58.4 Å². The lowest BCUT2D eigenvalue weighted by Crippen LogP contribution is -2.46. The van der Waals surface area contributed by atoms with Crippen molar-refractivity contribution < 1.29 is 9.90 Å². The van der Waals surface area contributed by atoms with Gasteiger partial charge in [-0.25, -0.2) is 4.79 Å². The van der Waals surface area contributed by atoms with E-state index in [0.29, 0.717) is 12.1 Å². The van der Waals surface area contributed by atoms with Crippen molar-refractivity contribution >= 4 is 5.97 Å². The van der Waals surface area contributed by atoms with Crippen LogP contribution in [0.25, 0.3) is 0 Å². The molecule has 0 aromatic carbocycles. The van der Waals surface area contributed by atoms with Crippen LogP contribution in [0.5, 0.6) is 0 Å². The van der Waals surface area contributed by atoms with E-state index in [-0.39, 0.29) is 17.6 Å². The Morgan fingerprint density at radius 2 is 2.05 bits per heavy atom. The van der Waals surface area contributed by atoms with Crippen molar-refractivity contribution in [3.63, 3.8) is 0 Å². The van der Waals surface area contributed by atoms with E-state index in [9.17, 15) is 9.59 Å². The van der Waals surface area contributed by atoms with Gasteiger partial charge in [-0.05, 0) is 52.0 Å². The summed E-state index contributed by atoms with van der Waals surface area (Å²) in [6.45, 7) is 5.75. The van der Waals surface area contributed by atoms with Crippen molar-refractivity contribution in [3.05, 3.63) is 27.4 Å². The molecule has 1 aliphatic carbocycles. The van der Waals surface area contributed by atoms with E-state index in [2.05, 4.69) is 11.9 Å². The molecule has 0 bridgehead atoms. The highest BCUT2D eigenvalue weighted by atomic mass is 16.4. The molecule has 1 heterocycles. The first-order valence-electron chi connectivity index (χ1n) is 6.66. The van der Waals surface area contributed by atoms with E-state index >= 15 is 0 Å². The highest BCUT2D eigenvalue weighted by Gasteiger charge is 2.36. The van der Waals surface area contributed by atoms with Crippen molar-refractivity contribution in [1.29, 1.82) is 0 Å². The van der Waals surface area contributed by atoms with Crippen LogP contribution in [0.3, 0.4) is 0 Å². The van der Waals surface area contributed by atoms with Crippen molar-refractivity contribution in [2.75, 3.05) is 0 Å². The summed E-state index contributed by atoms with van der Waals surface area (Å²) >= 11 is 0. The fraction of sp³-hybridized carbons (Fsp3) is 0.643. The van der Waals surface area contributed by atoms with Crippen LogP contribution in [0.15, 0.2) is 4.79 Å². The molecule has 0 spiro atoms. The van der Waals surface area contributed by atoms with Gasteiger partial charge in [0.25, 0.3) is 0 Å². The van der Waals surface area contributed by atoms with Gasteiger partial charge in [0.2, 0.25) is 0 Å². The third-order valence-electron chi connectivity index (χ3n) is 4.22. The smallest absolute Gasteiger partial charge is 0.348 e. The van der Waals surface area contributed by atoms with Gasteiger partial charge >= 0.3 is 11.7 Å². The van der Waals surface area contributed by atoms with Crippen molar-refractivity contribution in [1.82, 2.24) is 9.55 Å². The molecule has 0 unspecified atom stereocenters. The number of aromatic nitrogens is 2. The highest BCUT2D eigenvalue weighted by molar-refractivity contribution is 5.67. The van der Waals surface area contributed by atoms with Gasteiger partial charge < -0.3 is 5.11 Å². The molecule has 1 aliphatic rings. The molecular formula is C14H20N2O3. The van der Waals surface area contributed by atoms with Crippen molar-refractivity contribution in [3.8, 4) is 0 Å². The van der Waals surface area contributed by atoms with Gasteiger partial charge in [0, 0.05) is 23.3 Å². The fourth-order valence-corrected chi connectivity index (χ4v) is 2.94. The largest absolute Gasteiger partial charge is 0.481 e. The molecule has 5 nitrogen and oxygen atoms in total. The maximum Gasteiger partial charge on any atom is 0.348 e. The predicted octanol–water partition coefficient (Wildman–Crippen LogP) is 1.78. The van der Waals surface area contributed by atoms with E-state index in [1.54, 1.807) is 11.5 Å². The number of carbonyl (C=O) groups is 1. The summed E-state index contributed by atoms with van der Waals surface area (Å²) in [5.74, 6) is -0.827. The molecule has 1 fully saturated rings. The molecule has 0 atom stereocenters. The van der Waals surface area contributed by atoms with Crippen LogP contribution in [0.2, 0.25) is 0 Å². The summed E-state index contributed by atoms with van der Waals surface area (Å²) < 4.78 is 1.76. The summed E-state index contributed by atoms with van der Waals surface area (Å²) in [5, 5.41) is 8.81. The Hall–Kier alpha value is -1.65. The molecule has 104 valence electrons. The van der Waals surface area contributed by atoms with Crippen LogP contribution in [0, 0.1) is 13.8 Å². The van der Waals surface area contributed by atoms with Crippen LogP contribution in [-0.4, -0.2) is 20.6 Å². The first kappa shape index (κ1) is 13.8. The Labute approximate surface area is 112 Å². The van der Waals surface area contributed by atoms with Crippen LogP contribution in [0.4, 0.5) is 0 Å². The average molecular weight is 264 g/mol. The molecule has 1 aromatic heterocycles. The van der Waals surface area contributed by atoms with Gasteiger partial charge in [-0.3, -0.25) is 9.36 Å². The molecule has 5 heteroatoms. The Morgan fingerprint density at radius 1 is 1.42 bits per heavy atom. The summed E-state index contributed by atoms with van der Waals surface area (Å²) in [6, 6.07) is 0. The number of hydrogen-bond donors (Lipinski definition) is 1. The Kier molecular flexibility index (Phi) is 3.47. The summed E-state index contributed by atoms with van der Waals surface area (Å²) in [6.07, 6.45) is 3.59. The second kappa shape index (κ2) is 4.79. The van der Waals surface area contributed by atoms with Crippen LogP contribution in [0.1, 0.15) is 49.6 Å². The molecule has 1 saturated carbocycles. The lowest BCUT2D eigenvalue weighted by atomic mass is 9.78. The normalized spacial score (nSPS) is 17.0. The van der Waals surface area contributed by atoms with Gasteiger partial charge in [0.05, 0.1) is 0 Å². The number of carboxylic acids is 1. The number of nitrogens with zero attached hydrogens (tertiary/aromatic N) is 2. The average Bonchev–Trinajstić information content (AvgIpc) is 2.25. The molecule has 2 rings (SSSR count). The summed E-state index contributed by atoms with van der Waals surface area (Å²) in [4.78, 5) is 26.9. The van der Waals surface area contributed by atoms with E-state index in [4.69, 9.17) is 5.11 Å². The second-order valence-electron chi connectivity index (χ2n) is 5.62. The maximum atomic E-state index is 12.1. The van der Waals surface area contributed by atoms with Crippen LogP contribution < -0.4 is 5.69 Å². The minimum absolute atomic E-state index is 0.0677. The second-order valence-corrected chi connectivity index (χ2v) is 5.62. The number of aliphatic carboxylic acids is 1. The molecular weight excluding hydrogens is 244 g/mol.